The molecule has 4 rings (SSSR count). The maximum atomic E-state index is 12.7. The standard InChI is InChI=1S/C23H19N3O3/c1-14-9-10-26-13-20(24-21(26)11-14)16-8-7-15(2)19(12-16)25-22(27)17-5-3-4-6-18(17)23(28)29/h3-13H,1-2H3,(H,25,27)(H,28,29). The number of rotatable bonds is 4. The lowest BCUT2D eigenvalue weighted by Gasteiger charge is -2.11. The Bertz CT molecular complexity index is 1260. The first-order valence-corrected chi connectivity index (χ1v) is 9.12. The number of imidazole rings is 1. The molecule has 144 valence electrons. The number of carbonyl (C=O) groups is 2. The van der Waals surface area contributed by atoms with Crippen LogP contribution in [-0.2, 0) is 0 Å². The average Bonchev–Trinajstić information content (AvgIpc) is 3.12. The first-order chi connectivity index (χ1) is 13.9. The van der Waals surface area contributed by atoms with Gasteiger partial charge in [0.2, 0.25) is 0 Å². The number of carbonyl (C=O) groups excluding carboxylic acids is 1. The molecule has 1 amide bonds. The summed E-state index contributed by atoms with van der Waals surface area (Å²) in [5.74, 6) is -1.60. The third-order valence-electron chi connectivity index (χ3n) is 4.80. The molecule has 29 heavy (non-hydrogen) atoms. The van der Waals surface area contributed by atoms with Gasteiger partial charge in [-0.15, -0.1) is 0 Å². The van der Waals surface area contributed by atoms with Crippen LogP contribution in [0.4, 0.5) is 5.69 Å². The SMILES string of the molecule is Cc1ccn2cc(-c3ccc(C)c(NC(=O)c4ccccc4C(=O)O)c3)nc2c1. The molecule has 0 aliphatic heterocycles. The highest BCUT2D eigenvalue weighted by Crippen LogP contribution is 2.26. The Labute approximate surface area is 167 Å². The highest BCUT2D eigenvalue weighted by Gasteiger charge is 2.17. The van der Waals surface area contributed by atoms with E-state index in [9.17, 15) is 14.7 Å². The van der Waals surface area contributed by atoms with Gasteiger partial charge in [-0.1, -0.05) is 24.3 Å². The number of benzene rings is 2. The molecular weight excluding hydrogens is 366 g/mol. The van der Waals surface area contributed by atoms with Gasteiger partial charge in [-0.3, -0.25) is 4.79 Å². The number of amides is 1. The van der Waals surface area contributed by atoms with Gasteiger partial charge in [0.05, 0.1) is 16.8 Å². The van der Waals surface area contributed by atoms with Gasteiger partial charge in [0, 0.05) is 23.6 Å². The van der Waals surface area contributed by atoms with Crippen molar-refractivity contribution in [3.63, 3.8) is 0 Å². The topological polar surface area (TPSA) is 83.7 Å². The Morgan fingerprint density at radius 2 is 1.76 bits per heavy atom. The van der Waals surface area contributed by atoms with Crippen LogP contribution < -0.4 is 5.32 Å². The molecule has 4 aromatic rings. The molecule has 2 heterocycles. The maximum Gasteiger partial charge on any atom is 0.336 e. The first kappa shape index (κ1) is 18.4. The van der Waals surface area contributed by atoms with Gasteiger partial charge in [-0.05, 0) is 55.3 Å². The van der Waals surface area contributed by atoms with Crippen molar-refractivity contribution in [3.8, 4) is 11.3 Å². The fourth-order valence-electron chi connectivity index (χ4n) is 3.20. The fraction of sp³-hybridized carbons (Fsp3) is 0.0870. The van der Waals surface area contributed by atoms with Crippen molar-refractivity contribution in [2.24, 2.45) is 0 Å². The summed E-state index contributed by atoms with van der Waals surface area (Å²) in [6.45, 7) is 3.90. The zero-order valence-electron chi connectivity index (χ0n) is 16.0. The van der Waals surface area contributed by atoms with E-state index >= 15 is 0 Å². The highest BCUT2D eigenvalue weighted by atomic mass is 16.4. The molecule has 0 aliphatic rings. The summed E-state index contributed by atoms with van der Waals surface area (Å²) in [4.78, 5) is 28.8. The minimum Gasteiger partial charge on any atom is -0.478 e. The van der Waals surface area contributed by atoms with E-state index in [0.717, 1.165) is 28.0 Å². The number of hydrogen-bond donors (Lipinski definition) is 2. The minimum absolute atomic E-state index is 0.0328. The average molecular weight is 385 g/mol. The van der Waals surface area contributed by atoms with Crippen molar-refractivity contribution >= 4 is 23.2 Å². The van der Waals surface area contributed by atoms with Gasteiger partial charge in [-0.2, -0.15) is 0 Å². The third-order valence-corrected chi connectivity index (χ3v) is 4.80. The van der Waals surface area contributed by atoms with Crippen molar-refractivity contribution in [3.05, 3.63) is 89.2 Å². The molecule has 0 atom stereocenters. The van der Waals surface area contributed by atoms with Gasteiger partial charge in [0.1, 0.15) is 5.65 Å². The predicted octanol–water partition coefficient (Wildman–Crippen LogP) is 4.57. The molecule has 0 spiro atoms. The number of carboxylic acid groups (broad SMARTS) is 1. The molecule has 2 aromatic carbocycles. The Morgan fingerprint density at radius 1 is 1.00 bits per heavy atom. The molecule has 2 aromatic heterocycles. The van der Waals surface area contributed by atoms with Crippen molar-refractivity contribution < 1.29 is 14.7 Å². The van der Waals surface area contributed by atoms with Crippen LogP contribution in [0.15, 0.2) is 67.0 Å². The van der Waals surface area contributed by atoms with Crippen LogP contribution in [0.2, 0.25) is 0 Å². The second-order valence-corrected chi connectivity index (χ2v) is 6.93. The molecule has 6 heteroatoms. The van der Waals surface area contributed by atoms with Crippen LogP contribution in [0, 0.1) is 13.8 Å². The monoisotopic (exact) mass is 385 g/mol. The lowest BCUT2D eigenvalue weighted by atomic mass is 10.1. The number of fused-ring (bicyclic) bond motifs is 1. The molecule has 0 saturated carbocycles. The number of nitrogens with one attached hydrogen (secondary N) is 1. The van der Waals surface area contributed by atoms with Crippen LogP contribution >= 0.6 is 0 Å². The number of aromatic nitrogens is 2. The van der Waals surface area contributed by atoms with Crippen LogP contribution in [0.25, 0.3) is 16.9 Å². The van der Waals surface area contributed by atoms with E-state index in [1.165, 1.54) is 12.1 Å². The normalized spacial score (nSPS) is 10.8. The number of hydrogen-bond acceptors (Lipinski definition) is 3. The van der Waals surface area contributed by atoms with Crippen molar-refractivity contribution in [1.82, 2.24) is 9.38 Å². The molecule has 2 N–H and O–H groups in total. The largest absolute Gasteiger partial charge is 0.478 e. The van der Waals surface area contributed by atoms with Gasteiger partial charge < -0.3 is 14.8 Å². The molecule has 0 aliphatic carbocycles. The van der Waals surface area contributed by atoms with Crippen LogP contribution in [0.5, 0.6) is 0 Å². The van der Waals surface area contributed by atoms with Gasteiger partial charge in [0.15, 0.2) is 0 Å². The number of nitrogens with zero attached hydrogens (tertiary/aromatic N) is 2. The van der Waals surface area contributed by atoms with Crippen LogP contribution in [0.3, 0.4) is 0 Å². The van der Waals surface area contributed by atoms with E-state index in [2.05, 4.69) is 10.3 Å². The molecule has 6 nitrogen and oxygen atoms in total. The number of aryl methyl sites for hydroxylation is 2. The maximum absolute atomic E-state index is 12.7. The van der Waals surface area contributed by atoms with Gasteiger partial charge >= 0.3 is 5.97 Å². The van der Waals surface area contributed by atoms with E-state index in [1.54, 1.807) is 12.1 Å². The van der Waals surface area contributed by atoms with Crippen molar-refractivity contribution in [1.29, 1.82) is 0 Å². The van der Waals surface area contributed by atoms with Crippen LogP contribution in [-0.4, -0.2) is 26.4 Å². The Morgan fingerprint density at radius 3 is 2.52 bits per heavy atom. The number of aromatic carboxylic acids is 1. The number of pyridine rings is 1. The Hall–Kier alpha value is -3.93. The summed E-state index contributed by atoms with van der Waals surface area (Å²) >= 11 is 0. The highest BCUT2D eigenvalue weighted by molar-refractivity contribution is 6.11. The molecule has 0 fully saturated rings. The predicted molar refractivity (Wildman–Crippen MR) is 111 cm³/mol. The molecule has 0 unspecified atom stereocenters. The Balaban J connectivity index is 1.68. The van der Waals surface area contributed by atoms with Gasteiger partial charge in [0.25, 0.3) is 5.91 Å². The number of anilines is 1. The second kappa shape index (κ2) is 7.24. The Kier molecular flexibility index (Phi) is 4.60. The third kappa shape index (κ3) is 3.60. The van der Waals surface area contributed by atoms with E-state index in [-0.39, 0.29) is 11.1 Å². The summed E-state index contributed by atoms with van der Waals surface area (Å²) in [6, 6.07) is 15.9. The van der Waals surface area contributed by atoms with Crippen molar-refractivity contribution in [2.45, 2.75) is 13.8 Å². The molecule has 0 bridgehead atoms. The molecular formula is C23H19N3O3. The fourth-order valence-corrected chi connectivity index (χ4v) is 3.20. The summed E-state index contributed by atoms with van der Waals surface area (Å²) < 4.78 is 1.95. The summed E-state index contributed by atoms with van der Waals surface area (Å²) in [5, 5.41) is 12.2. The molecule has 0 radical (unpaired) electrons. The summed E-state index contributed by atoms with van der Waals surface area (Å²) in [5.41, 5.74) is 5.19. The summed E-state index contributed by atoms with van der Waals surface area (Å²) in [7, 11) is 0. The van der Waals surface area contributed by atoms with Gasteiger partial charge in [-0.25, -0.2) is 9.78 Å². The van der Waals surface area contributed by atoms with Crippen molar-refractivity contribution in [2.75, 3.05) is 5.32 Å². The lowest BCUT2D eigenvalue weighted by molar-refractivity contribution is 0.0692. The zero-order chi connectivity index (χ0) is 20.5. The molecule has 0 saturated heterocycles. The zero-order valence-corrected chi connectivity index (χ0v) is 16.0. The summed E-state index contributed by atoms with van der Waals surface area (Å²) in [6.07, 6.45) is 3.89. The number of carboxylic acids is 1. The van der Waals surface area contributed by atoms with E-state index in [4.69, 9.17) is 0 Å². The van der Waals surface area contributed by atoms with E-state index < -0.39 is 11.9 Å². The lowest BCUT2D eigenvalue weighted by Crippen LogP contribution is -2.17. The first-order valence-electron chi connectivity index (χ1n) is 9.12. The quantitative estimate of drug-likeness (QED) is 0.539. The van der Waals surface area contributed by atoms with E-state index in [0.29, 0.717) is 5.69 Å². The van der Waals surface area contributed by atoms with E-state index in [1.807, 2.05) is 61.0 Å². The minimum atomic E-state index is -1.14. The smallest absolute Gasteiger partial charge is 0.336 e. The second-order valence-electron chi connectivity index (χ2n) is 6.93. The van der Waals surface area contributed by atoms with Crippen LogP contribution in [0.1, 0.15) is 31.8 Å².